The van der Waals surface area contributed by atoms with Gasteiger partial charge in [0, 0.05) is 0 Å². The van der Waals surface area contributed by atoms with Crippen molar-refractivity contribution in [2.75, 3.05) is 7.11 Å². The van der Waals surface area contributed by atoms with Crippen LogP contribution in [0.5, 0.6) is 11.5 Å². The molecule has 0 N–H and O–H groups in total. The van der Waals surface area contributed by atoms with E-state index in [-0.39, 0.29) is 11.5 Å². The minimum absolute atomic E-state index is 0.141. The predicted molar refractivity (Wildman–Crippen MR) is 56.4 cm³/mol. The second-order valence-electron chi connectivity index (χ2n) is 2.25. The van der Waals surface area contributed by atoms with Gasteiger partial charge in [-0.1, -0.05) is 9.95 Å². The zero-order valence-electron chi connectivity index (χ0n) is 7.03. The summed E-state index contributed by atoms with van der Waals surface area (Å²) in [5.74, 6) is 0.0243. The largest absolute Gasteiger partial charge is 0.493 e. The van der Waals surface area contributed by atoms with E-state index in [9.17, 15) is 12.3 Å². The highest BCUT2D eigenvalue weighted by atomic mass is 127. The number of benzene rings is 1. The minimum atomic E-state index is -5.02. The lowest BCUT2D eigenvalue weighted by molar-refractivity contribution is 0.380. The van der Waals surface area contributed by atoms with E-state index >= 15 is 0 Å². The zero-order valence-corrected chi connectivity index (χ0v) is 10.0. The van der Waals surface area contributed by atoms with Crippen molar-refractivity contribution < 1.29 is 21.2 Å². The van der Waals surface area contributed by atoms with E-state index in [0.717, 1.165) is 0 Å². The van der Waals surface area contributed by atoms with Crippen LogP contribution in [0.15, 0.2) is 18.2 Å². The van der Waals surface area contributed by atoms with Gasteiger partial charge >= 0.3 is 10.5 Å². The Morgan fingerprint density at radius 3 is 2.57 bits per heavy atom. The SMILES string of the molecule is COc1cccc(I)c1OS(=O)(=O)F. The molecule has 0 aliphatic rings. The number of rotatable bonds is 3. The molecule has 0 atom stereocenters. The Bertz CT molecular complexity index is 431. The normalized spacial score (nSPS) is 11.1. The lowest BCUT2D eigenvalue weighted by atomic mass is 10.3. The van der Waals surface area contributed by atoms with Crippen molar-refractivity contribution >= 4 is 33.1 Å². The molecule has 0 aliphatic heterocycles. The lowest BCUT2D eigenvalue weighted by Gasteiger charge is -2.07. The van der Waals surface area contributed by atoms with Gasteiger partial charge in [-0.2, -0.15) is 8.42 Å². The second-order valence-corrected chi connectivity index (χ2v) is 4.36. The number of halogens is 2. The molecule has 7 heteroatoms. The van der Waals surface area contributed by atoms with Gasteiger partial charge in [-0.25, -0.2) is 0 Å². The van der Waals surface area contributed by atoms with E-state index in [1.165, 1.54) is 13.2 Å². The first kappa shape index (κ1) is 11.5. The molecule has 0 saturated heterocycles. The average Bonchev–Trinajstić information content (AvgIpc) is 2.06. The molecule has 1 rings (SSSR count). The number of hydrogen-bond acceptors (Lipinski definition) is 4. The topological polar surface area (TPSA) is 52.6 Å². The van der Waals surface area contributed by atoms with Crippen molar-refractivity contribution in [1.29, 1.82) is 0 Å². The molecule has 0 aliphatic carbocycles. The van der Waals surface area contributed by atoms with E-state index in [4.69, 9.17) is 4.74 Å². The van der Waals surface area contributed by atoms with Crippen LogP contribution in [0.25, 0.3) is 0 Å². The van der Waals surface area contributed by atoms with Crippen LogP contribution in [-0.4, -0.2) is 15.5 Å². The molecule has 0 saturated carbocycles. The number of para-hydroxylation sites is 1. The fourth-order valence-corrected chi connectivity index (χ4v) is 1.93. The molecule has 0 heterocycles. The Kier molecular flexibility index (Phi) is 3.53. The molecule has 78 valence electrons. The summed E-state index contributed by atoms with van der Waals surface area (Å²) < 4.78 is 42.2. The molecule has 0 fully saturated rings. The fraction of sp³-hybridized carbons (Fsp3) is 0.143. The molecule has 0 bridgehead atoms. The van der Waals surface area contributed by atoms with Gasteiger partial charge < -0.3 is 8.92 Å². The highest BCUT2D eigenvalue weighted by Gasteiger charge is 2.16. The van der Waals surface area contributed by atoms with Crippen molar-refractivity contribution in [3.63, 3.8) is 0 Å². The first-order valence-electron chi connectivity index (χ1n) is 3.40. The van der Waals surface area contributed by atoms with E-state index in [1.807, 2.05) is 22.6 Å². The van der Waals surface area contributed by atoms with Crippen molar-refractivity contribution in [2.24, 2.45) is 0 Å². The van der Waals surface area contributed by atoms with E-state index in [2.05, 4.69) is 4.18 Å². The zero-order chi connectivity index (χ0) is 10.8. The predicted octanol–water partition coefficient (Wildman–Crippen LogP) is 1.89. The van der Waals surface area contributed by atoms with Gasteiger partial charge in [-0.05, 0) is 34.7 Å². The van der Waals surface area contributed by atoms with Crippen LogP contribution in [0, 0.1) is 3.57 Å². The Labute approximate surface area is 94.6 Å². The van der Waals surface area contributed by atoms with E-state index in [1.54, 1.807) is 12.1 Å². The summed E-state index contributed by atoms with van der Waals surface area (Å²) in [6.45, 7) is 0. The van der Waals surface area contributed by atoms with Crippen LogP contribution in [-0.2, 0) is 10.5 Å². The van der Waals surface area contributed by atoms with Gasteiger partial charge in [0.15, 0.2) is 11.5 Å². The summed E-state index contributed by atoms with van der Waals surface area (Å²) in [5, 5.41) is 0. The third-order valence-corrected chi connectivity index (χ3v) is 2.55. The Morgan fingerprint density at radius 1 is 1.43 bits per heavy atom. The monoisotopic (exact) mass is 332 g/mol. The van der Waals surface area contributed by atoms with Gasteiger partial charge in [0.1, 0.15) is 0 Å². The Morgan fingerprint density at radius 2 is 2.07 bits per heavy atom. The van der Waals surface area contributed by atoms with Crippen LogP contribution in [0.4, 0.5) is 3.89 Å². The van der Waals surface area contributed by atoms with Crippen LogP contribution < -0.4 is 8.92 Å². The standard InChI is InChI=1S/C7H6FIO4S/c1-12-6-4-2-3-5(9)7(6)13-14(8,10)11/h2-4H,1H3. The first-order chi connectivity index (χ1) is 6.44. The van der Waals surface area contributed by atoms with Gasteiger partial charge in [0.25, 0.3) is 0 Å². The minimum Gasteiger partial charge on any atom is -0.493 e. The maximum Gasteiger partial charge on any atom is 0.488 e. The number of ether oxygens (including phenoxy) is 1. The molecule has 4 nitrogen and oxygen atoms in total. The maximum atomic E-state index is 12.3. The van der Waals surface area contributed by atoms with Crippen LogP contribution in [0.1, 0.15) is 0 Å². The summed E-state index contributed by atoms with van der Waals surface area (Å²) in [4.78, 5) is 0. The van der Waals surface area contributed by atoms with Gasteiger partial charge in [0.2, 0.25) is 0 Å². The van der Waals surface area contributed by atoms with Crippen molar-refractivity contribution in [1.82, 2.24) is 0 Å². The van der Waals surface area contributed by atoms with E-state index in [0.29, 0.717) is 3.57 Å². The highest BCUT2D eigenvalue weighted by molar-refractivity contribution is 14.1. The molecule has 14 heavy (non-hydrogen) atoms. The molecule has 0 radical (unpaired) electrons. The Hall–Kier alpha value is -0.570. The number of methoxy groups -OCH3 is 1. The van der Waals surface area contributed by atoms with Crippen LogP contribution >= 0.6 is 22.6 Å². The van der Waals surface area contributed by atoms with Crippen molar-refractivity contribution in [3.05, 3.63) is 21.8 Å². The van der Waals surface area contributed by atoms with Crippen molar-refractivity contribution in [2.45, 2.75) is 0 Å². The molecule has 1 aromatic rings. The molecular weight excluding hydrogens is 326 g/mol. The molecular formula is C7H6FIO4S. The quantitative estimate of drug-likeness (QED) is 0.627. The molecule has 0 amide bonds. The van der Waals surface area contributed by atoms with Gasteiger partial charge in [0.05, 0.1) is 10.7 Å². The third kappa shape index (κ3) is 2.98. The third-order valence-electron chi connectivity index (χ3n) is 1.33. The summed E-state index contributed by atoms with van der Waals surface area (Å²) in [6, 6.07) is 4.69. The summed E-state index contributed by atoms with van der Waals surface area (Å²) >= 11 is 1.81. The molecule has 1 aromatic carbocycles. The van der Waals surface area contributed by atoms with E-state index < -0.39 is 10.5 Å². The van der Waals surface area contributed by atoms with Crippen molar-refractivity contribution in [3.8, 4) is 11.5 Å². The van der Waals surface area contributed by atoms with Gasteiger partial charge in [-0.15, -0.1) is 0 Å². The molecule has 0 unspecified atom stereocenters. The second kappa shape index (κ2) is 4.30. The maximum absolute atomic E-state index is 12.3. The summed E-state index contributed by atoms with van der Waals surface area (Å²) in [5.41, 5.74) is 0. The number of hydrogen-bond donors (Lipinski definition) is 0. The smallest absolute Gasteiger partial charge is 0.488 e. The Balaban J connectivity index is 3.18. The lowest BCUT2D eigenvalue weighted by Crippen LogP contribution is -2.04. The fourth-order valence-electron chi connectivity index (χ4n) is 0.830. The van der Waals surface area contributed by atoms with Crippen LogP contribution in [0.3, 0.4) is 0 Å². The highest BCUT2D eigenvalue weighted by Crippen LogP contribution is 2.33. The van der Waals surface area contributed by atoms with Crippen LogP contribution in [0.2, 0.25) is 0 Å². The average molecular weight is 332 g/mol. The summed E-state index contributed by atoms with van der Waals surface area (Å²) in [6.07, 6.45) is 0. The van der Waals surface area contributed by atoms with Gasteiger partial charge in [-0.3, -0.25) is 0 Å². The molecule has 0 spiro atoms. The molecule has 0 aromatic heterocycles. The summed E-state index contributed by atoms with van der Waals surface area (Å²) in [7, 11) is -3.68. The first-order valence-corrected chi connectivity index (χ1v) is 5.79.